The molecule has 2 nitrogen and oxygen atoms in total. The molecular weight excluding hydrogens is 208 g/mol. The summed E-state index contributed by atoms with van der Waals surface area (Å²) in [6, 6.07) is 8.01. The average Bonchev–Trinajstić information content (AvgIpc) is 2.29. The Morgan fingerprint density at radius 1 is 1.35 bits per heavy atom. The molecule has 0 aliphatic heterocycles. The first kappa shape index (κ1) is 12.3. The fourth-order valence-corrected chi connectivity index (χ4v) is 2.89. The minimum Gasteiger partial charge on any atom is -0.399 e. The summed E-state index contributed by atoms with van der Waals surface area (Å²) < 4.78 is 0. The number of nitrogens with two attached hydrogens (primary N) is 1. The summed E-state index contributed by atoms with van der Waals surface area (Å²) in [7, 11) is 0. The summed E-state index contributed by atoms with van der Waals surface area (Å²) in [6.45, 7) is 3.46. The third-order valence-electron chi connectivity index (χ3n) is 3.81. The van der Waals surface area contributed by atoms with Crippen LogP contribution in [0.1, 0.15) is 39.0 Å². The van der Waals surface area contributed by atoms with Gasteiger partial charge in [-0.05, 0) is 42.9 Å². The Labute approximate surface area is 105 Å². The highest BCUT2D eigenvalue weighted by molar-refractivity contribution is 5.53. The van der Waals surface area contributed by atoms with Crippen molar-refractivity contribution in [2.75, 3.05) is 17.6 Å². The zero-order valence-electron chi connectivity index (χ0n) is 10.8. The van der Waals surface area contributed by atoms with Crippen molar-refractivity contribution in [3.05, 3.63) is 24.3 Å². The van der Waals surface area contributed by atoms with Crippen LogP contribution in [0.4, 0.5) is 11.4 Å². The Hall–Kier alpha value is -1.18. The van der Waals surface area contributed by atoms with Crippen LogP contribution < -0.4 is 11.1 Å². The number of rotatable bonds is 4. The van der Waals surface area contributed by atoms with Gasteiger partial charge < -0.3 is 11.1 Å². The van der Waals surface area contributed by atoms with E-state index in [1.54, 1.807) is 0 Å². The van der Waals surface area contributed by atoms with Gasteiger partial charge in [0.2, 0.25) is 0 Å². The number of hydrogen-bond donors (Lipinski definition) is 2. The molecule has 17 heavy (non-hydrogen) atoms. The maximum atomic E-state index is 5.75. The lowest BCUT2D eigenvalue weighted by Crippen LogP contribution is -2.16. The maximum Gasteiger partial charge on any atom is 0.0360 e. The van der Waals surface area contributed by atoms with Gasteiger partial charge >= 0.3 is 0 Å². The van der Waals surface area contributed by atoms with Crippen molar-refractivity contribution in [2.45, 2.75) is 39.0 Å². The van der Waals surface area contributed by atoms with E-state index in [4.69, 9.17) is 5.73 Å². The summed E-state index contributed by atoms with van der Waals surface area (Å²) in [5.74, 6) is 1.86. The van der Waals surface area contributed by atoms with Gasteiger partial charge in [0.05, 0.1) is 0 Å². The minimum atomic E-state index is 0.835. The second-order valence-electron chi connectivity index (χ2n) is 5.48. The van der Waals surface area contributed by atoms with E-state index in [9.17, 15) is 0 Å². The molecule has 0 saturated heterocycles. The van der Waals surface area contributed by atoms with Crippen LogP contribution in [-0.4, -0.2) is 6.54 Å². The van der Waals surface area contributed by atoms with Gasteiger partial charge in [0.15, 0.2) is 0 Å². The molecule has 2 rings (SSSR count). The zero-order valence-corrected chi connectivity index (χ0v) is 10.8. The molecule has 1 aliphatic rings. The average molecular weight is 232 g/mol. The van der Waals surface area contributed by atoms with Crippen LogP contribution in [0.15, 0.2) is 24.3 Å². The van der Waals surface area contributed by atoms with E-state index in [2.05, 4.69) is 18.3 Å². The summed E-state index contributed by atoms with van der Waals surface area (Å²) in [6.07, 6.45) is 6.98. The predicted molar refractivity (Wildman–Crippen MR) is 75.1 cm³/mol. The van der Waals surface area contributed by atoms with E-state index in [0.29, 0.717) is 0 Å². The van der Waals surface area contributed by atoms with E-state index in [1.165, 1.54) is 32.1 Å². The zero-order chi connectivity index (χ0) is 12.1. The second-order valence-corrected chi connectivity index (χ2v) is 5.48. The van der Waals surface area contributed by atoms with Crippen molar-refractivity contribution < 1.29 is 0 Å². The molecule has 1 aliphatic carbocycles. The van der Waals surface area contributed by atoms with Crippen molar-refractivity contribution in [3.8, 4) is 0 Å². The van der Waals surface area contributed by atoms with Crippen LogP contribution in [0.2, 0.25) is 0 Å². The van der Waals surface area contributed by atoms with Crippen LogP contribution in [0.25, 0.3) is 0 Å². The largest absolute Gasteiger partial charge is 0.399 e. The predicted octanol–water partition coefficient (Wildman–Crippen LogP) is 3.90. The molecule has 3 N–H and O–H groups in total. The normalized spacial score (nSPS) is 24.5. The third-order valence-corrected chi connectivity index (χ3v) is 3.81. The molecule has 2 heteroatoms. The van der Waals surface area contributed by atoms with Gasteiger partial charge in [0.1, 0.15) is 0 Å². The lowest BCUT2D eigenvalue weighted by molar-refractivity contribution is 0.274. The molecule has 0 spiro atoms. The molecule has 0 bridgehead atoms. The molecule has 1 aromatic rings. The molecule has 1 saturated carbocycles. The molecule has 94 valence electrons. The third kappa shape index (κ3) is 3.95. The lowest BCUT2D eigenvalue weighted by atomic mass is 9.81. The van der Waals surface area contributed by atoms with Gasteiger partial charge in [0.25, 0.3) is 0 Å². The Bertz CT molecular complexity index is 349. The van der Waals surface area contributed by atoms with Crippen molar-refractivity contribution in [1.29, 1.82) is 0 Å². The number of nitrogen functional groups attached to an aromatic ring is 1. The topological polar surface area (TPSA) is 38.0 Å². The van der Waals surface area contributed by atoms with E-state index < -0.39 is 0 Å². The van der Waals surface area contributed by atoms with E-state index >= 15 is 0 Å². The number of nitrogens with one attached hydrogen (secondary N) is 1. The van der Waals surface area contributed by atoms with Gasteiger partial charge in [-0.15, -0.1) is 0 Å². The van der Waals surface area contributed by atoms with Crippen molar-refractivity contribution in [2.24, 2.45) is 11.8 Å². The molecule has 0 heterocycles. The van der Waals surface area contributed by atoms with Crippen LogP contribution in [0.5, 0.6) is 0 Å². The van der Waals surface area contributed by atoms with Crippen molar-refractivity contribution in [1.82, 2.24) is 0 Å². The quantitative estimate of drug-likeness (QED) is 0.773. The molecule has 0 aromatic heterocycles. The molecular formula is C15H24N2. The second kappa shape index (κ2) is 5.95. The smallest absolute Gasteiger partial charge is 0.0360 e. The van der Waals surface area contributed by atoms with Gasteiger partial charge in [0, 0.05) is 17.9 Å². The summed E-state index contributed by atoms with van der Waals surface area (Å²) in [5, 5.41) is 3.47. The minimum absolute atomic E-state index is 0.835. The van der Waals surface area contributed by atoms with Crippen LogP contribution in [-0.2, 0) is 0 Å². The first-order chi connectivity index (χ1) is 8.24. The fraction of sp³-hybridized carbons (Fsp3) is 0.600. The number of benzene rings is 1. The standard InChI is InChI=1S/C15H24N2/c1-12-4-2-5-13(10-12)8-9-17-15-7-3-6-14(16)11-15/h3,6-7,11-13,17H,2,4-5,8-10,16H2,1H3. The SMILES string of the molecule is CC1CCCC(CCNc2cccc(N)c2)C1. The lowest BCUT2D eigenvalue weighted by Gasteiger charge is -2.26. The highest BCUT2D eigenvalue weighted by Crippen LogP contribution is 2.30. The van der Waals surface area contributed by atoms with Crippen LogP contribution in [0, 0.1) is 11.8 Å². The molecule has 1 aromatic carbocycles. The van der Waals surface area contributed by atoms with Crippen molar-refractivity contribution in [3.63, 3.8) is 0 Å². The van der Waals surface area contributed by atoms with E-state index in [1.807, 2.05) is 18.2 Å². The van der Waals surface area contributed by atoms with E-state index in [-0.39, 0.29) is 0 Å². The number of hydrogen-bond acceptors (Lipinski definition) is 2. The first-order valence-corrected chi connectivity index (χ1v) is 6.83. The highest BCUT2D eigenvalue weighted by Gasteiger charge is 2.18. The maximum absolute atomic E-state index is 5.75. The highest BCUT2D eigenvalue weighted by atomic mass is 14.9. The Morgan fingerprint density at radius 2 is 2.24 bits per heavy atom. The van der Waals surface area contributed by atoms with Gasteiger partial charge in [-0.3, -0.25) is 0 Å². The molecule has 2 unspecified atom stereocenters. The summed E-state index contributed by atoms with van der Waals surface area (Å²) >= 11 is 0. The van der Waals surface area contributed by atoms with Crippen LogP contribution >= 0.6 is 0 Å². The molecule has 2 atom stereocenters. The molecule has 0 amide bonds. The van der Waals surface area contributed by atoms with Gasteiger partial charge in [-0.25, -0.2) is 0 Å². The Morgan fingerprint density at radius 3 is 3.00 bits per heavy atom. The molecule has 0 radical (unpaired) electrons. The monoisotopic (exact) mass is 232 g/mol. The van der Waals surface area contributed by atoms with Crippen LogP contribution in [0.3, 0.4) is 0 Å². The fourth-order valence-electron chi connectivity index (χ4n) is 2.89. The van der Waals surface area contributed by atoms with E-state index in [0.717, 1.165) is 29.8 Å². The first-order valence-electron chi connectivity index (χ1n) is 6.83. The number of anilines is 2. The van der Waals surface area contributed by atoms with Gasteiger partial charge in [-0.1, -0.05) is 32.3 Å². The Balaban J connectivity index is 1.72. The summed E-state index contributed by atoms with van der Waals surface area (Å²) in [4.78, 5) is 0. The van der Waals surface area contributed by atoms with Crippen molar-refractivity contribution >= 4 is 11.4 Å². The van der Waals surface area contributed by atoms with Gasteiger partial charge in [-0.2, -0.15) is 0 Å². The summed E-state index contributed by atoms with van der Waals surface area (Å²) in [5.41, 5.74) is 7.73. The Kier molecular flexibility index (Phi) is 4.29. The molecule has 1 fully saturated rings.